The second kappa shape index (κ2) is 6.12. The molecule has 0 spiro atoms. The van der Waals surface area contributed by atoms with Gasteiger partial charge in [-0.3, -0.25) is 4.68 Å². The third kappa shape index (κ3) is 3.30. The molecule has 0 radical (unpaired) electrons. The number of methoxy groups -OCH3 is 1. The Balaban J connectivity index is 2.35. The van der Waals surface area contributed by atoms with Gasteiger partial charge in [0.25, 0.3) is 0 Å². The first-order valence-electron chi connectivity index (χ1n) is 6.24. The van der Waals surface area contributed by atoms with E-state index in [1.54, 1.807) is 19.4 Å². The van der Waals surface area contributed by atoms with Crippen LogP contribution in [-0.4, -0.2) is 26.9 Å². The molecule has 1 atom stereocenters. The van der Waals surface area contributed by atoms with Crippen molar-refractivity contribution in [2.24, 2.45) is 0 Å². The number of aryl methyl sites for hydroxylation is 1. The molecule has 0 bridgehead atoms. The second-order valence-corrected chi connectivity index (χ2v) is 4.69. The van der Waals surface area contributed by atoms with E-state index in [9.17, 15) is 0 Å². The topological polar surface area (TPSA) is 52.8 Å². The van der Waals surface area contributed by atoms with E-state index in [2.05, 4.69) is 22.0 Å². The molecule has 5 nitrogen and oxygen atoms in total. The van der Waals surface area contributed by atoms with E-state index in [1.165, 1.54) is 0 Å². The molecule has 0 aliphatic carbocycles. The molecule has 0 aliphatic heterocycles. The normalized spacial score (nSPS) is 12.6. The van der Waals surface area contributed by atoms with Crippen LogP contribution in [0.5, 0.6) is 0 Å². The third-order valence-electron chi connectivity index (χ3n) is 2.81. The van der Waals surface area contributed by atoms with Crippen molar-refractivity contribution in [2.75, 3.05) is 7.11 Å². The number of nitrogens with zero attached hydrogens (tertiary/aromatic N) is 4. The highest BCUT2D eigenvalue weighted by molar-refractivity contribution is 6.29. The molecule has 0 aromatic carbocycles. The Morgan fingerprint density at radius 3 is 2.89 bits per heavy atom. The lowest BCUT2D eigenvalue weighted by Gasteiger charge is -2.09. The Labute approximate surface area is 117 Å². The lowest BCUT2D eigenvalue weighted by molar-refractivity contribution is 0.112. The summed E-state index contributed by atoms with van der Waals surface area (Å²) in [5, 5.41) is 4.70. The van der Waals surface area contributed by atoms with Gasteiger partial charge in [-0.05, 0) is 13.3 Å². The van der Waals surface area contributed by atoms with E-state index in [-0.39, 0.29) is 6.10 Å². The van der Waals surface area contributed by atoms with Gasteiger partial charge < -0.3 is 4.74 Å². The summed E-state index contributed by atoms with van der Waals surface area (Å²) in [4.78, 5) is 8.65. The summed E-state index contributed by atoms with van der Waals surface area (Å²) in [5.41, 5.74) is 1.70. The van der Waals surface area contributed by atoms with E-state index in [4.69, 9.17) is 16.3 Å². The lowest BCUT2D eigenvalue weighted by atomic mass is 10.2. The van der Waals surface area contributed by atoms with Crippen molar-refractivity contribution in [3.63, 3.8) is 0 Å². The minimum Gasteiger partial charge on any atom is -0.374 e. The molecule has 2 aromatic rings. The maximum atomic E-state index is 6.04. The van der Waals surface area contributed by atoms with Crippen molar-refractivity contribution in [3.05, 3.63) is 29.4 Å². The highest BCUT2D eigenvalue weighted by Gasteiger charge is 2.12. The van der Waals surface area contributed by atoms with Crippen LogP contribution < -0.4 is 0 Å². The monoisotopic (exact) mass is 280 g/mol. The summed E-state index contributed by atoms with van der Waals surface area (Å²) in [6.45, 7) is 4.89. The van der Waals surface area contributed by atoms with Crippen LogP contribution in [0.4, 0.5) is 0 Å². The van der Waals surface area contributed by atoms with Crippen molar-refractivity contribution in [1.82, 2.24) is 19.7 Å². The Morgan fingerprint density at radius 2 is 2.21 bits per heavy atom. The molecule has 0 amide bonds. The van der Waals surface area contributed by atoms with Crippen LogP contribution in [0.1, 0.15) is 32.2 Å². The fourth-order valence-corrected chi connectivity index (χ4v) is 1.91. The third-order valence-corrected chi connectivity index (χ3v) is 3.00. The van der Waals surface area contributed by atoms with Gasteiger partial charge in [0.05, 0.1) is 11.9 Å². The number of ether oxygens (including phenoxy) is 1. The van der Waals surface area contributed by atoms with Gasteiger partial charge in [-0.15, -0.1) is 0 Å². The number of hydrogen-bond acceptors (Lipinski definition) is 4. The van der Waals surface area contributed by atoms with Gasteiger partial charge in [-0.25, -0.2) is 9.97 Å². The van der Waals surface area contributed by atoms with Crippen molar-refractivity contribution in [2.45, 2.75) is 32.9 Å². The summed E-state index contributed by atoms with van der Waals surface area (Å²) in [7, 11) is 1.62. The molecule has 0 unspecified atom stereocenters. The summed E-state index contributed by atoms with van der Waals surface area (Å²) in [6.07, 6.45) is 4.60. The molecule has 2 aromatic heterocycles. The van der Waals surface area contributed by atoms with Crippen LogP contribution >= 0.6 is 11.6 Å². The quantitative estimate of drug-likeness (QED) is 0.790. The first kappa shape index (κ1) is 14.0. The molecule has 0 saturated carbocycles. The van der Waals surface area contributed by atoms with Gasteiger partial charge in [0, 0.05) is 31.5 Å². The van der Waals surface area contributed by atoms with Crippen LogP contribution in [-0.2, 0) is 11.3 Å². The zero-order valence-electron chi connectivity index (χ0n) is 11.3. The maximum absolute atomic E-state index is 6.04. The summed E-state index contributed by atoms with van der Waals surface area (Å²) in [6, 6.07) is 1.74. The molecule has 19 heavy (non-hydrogen) atoms. The SMILES string of the molecule is CCCn1cc(-c2cc(Cl)nc([C@H](C)OC)n2)cn1. The Morgan fingerprint density at radius 1 is 1.42 bits per heavy atom. The molecular weight excluding hydrogens is 264 g/mol. The Kier molecular flexibility index (Phi) is 4.50. The van der Waals surface area contributed by atoms with Gasteiger partial charge in [0.15, 0.2) is 5.82 Å². The largest absolute Gasteiger partial charge is 0.374 e. The number of rotatable bonds is 5. The maximum Gasteiger partial charge on any atom is 0.159 e. The Hall–Kier alpha value is -1.46. The van der Waals surface area contributed by atoms with Crippen molar-refractivity contribution >= 4 is 11.6 Å². The average molecular weight is 281 g/mol. The van der Waals surface area contributed by atoms with E-state index in [0.29, 0.717) is 11.0 Å². The highest BCUT2D eigenvalue weighted by Crippen LogP contribution is 2.22. The molecule has 102 valence electrons. The highest BCUT2D eigenvalue weighted by atomic mass is 35.5. The molecule has 2 heterocycles. The van der Waals surface area contributed by atoms with Crippen LogP contribution in [0, 0.1) is 0 Å². The standard InChI is InChI=1S/C13H17ClN4O/c1-4-5-18-8-10(7-15-18)11-6-12(14)17-13(16-11)9(2)19-3/h6-9H,4-5H2,1-3H3/t9-/m0/s1. The number of aromatic nitrogens is 4. The second-order valence-electron chi connectivity index (χ2n) is 4.30. The van der Waals surface area contributed by atoms with Gasteiger partial charge in [0.1, 0.15) is 11.3 Å². The molecule has 0 fully saturated rings. The fraction of sp³-hybridized carbons (Fsp3) is 0.462. The van der Waals surface area contributed by atoms with Gasteiger partial charge in [-0.2, -0.15) is 5.10 Å². The van der Waals surface area contributed by atoms with E-state index >= 15 is 0 Å². The van der Waals surface area contributed by atoms with Crippen molar-refractivity contribution < 1.29 is 4.74 Å². The summed E-state index contributed by atoms with van der Waals surface area (Å²) >= 11 is 6.04. The molecule has 2 rings (SSSR count). The van der Waals surface area contributed by atoms with Crippen LogP contribution in [0.25, 0.3) is 11.3 Å². The van der Waals surface area contributed by atoms with E-state index in [0.717, 1.165) is 24.2 Å². The fourth-order valence-electron chi connectivity index (χ4n) is 1.72. The van der Waals surface area contributed by atoms with Crippen molar-refractivity contribution in [3.8, 4) is 11.3 Å². The smallest absolute Gasteiger partial charge is 0.159 e. The number of hydrogen-bond donors (Lipinski definition) is 0. The van der Waals surface area contributed by atoms with Crippen LogP contribution in [0.15, 0.2) is 18.5 Å². The van der Waals surface area contributed by atoms with Crippen molar-refractivity contribution in [1.29, 1.82) is 0 Å². The molecule has 0 saturated heterocycles. The zero-order chi connectivity index (χ0) is 13.8. The predicted molar refractivity (Wildman–Crippen MR) is 74.0 cm³/mol. The zero-order valence-corrected chi connectivity index (χ0v) is 12.1. The molecule has 0 N–H and O–H groups in total. The Bertz CT molecular complexity index is 555. The predicted octanol–water partition coefficient (Wildman–Crippen LogP) is 3.11. The number of halogens is 1. The van der Waals surface area contributed by atoms with Crippen LogP contribution in [0.3, 0.4) is 0 Å². The summed E-state index contributed by atoms with van der Waals surface area (Å²) < 4.78 is 7.12. The minimum atomic E-state index is -0.192. The lowest BCUT2D eigenvalue weighted by Crippen LogP contribution is -2.03. The van der Waals surface area contributed by atoms with E-state index in [1.807, 2.05) is 17.8 Å². The average Bonchev–Trinajstić information content (AvgIpc) is 2.86. The van der Waals surface area contributed by atoms with Gasteiger partial charge in [-0.1, -0.05) is 18.5 Å². The first-order valence-corrected chi connectivity index (χ1v) is 6.62. The molecular formula is C13H17ClN4O. The minimum absolute atomic E-state index is 0.192. The summed E-state index contributed by atoms with van der Waals surface area (Å²) in [5.74, 6) is 0.577. The first-order chi connectivity index (χ1) is 9.13. The van der Waals surface area contributed by atoms with Gasteiger partial charge in [0.2, 0.25) is 0 Å². The van der Waals surface area contributed by atoms with E-state index < -0.39 is 0 Å². The molecule has 6 heteroatoms. The molecule has 0 aliphatic rings. The van der Waals surface area contributed by atoms with Crippen LogP contribution in [0.2, 0.25) is 5.15 Å². The van der Waals surface area contributed by atoms with Gasteiger partial charge >= 0.3 is 0 Å².